The summed E-state index contributed by atoms with van der Waals surface area (Å²) >= 11 is 3.03. The van der Waals surface area contributed by atoms with Gasteiger partial charge < -0.3 is 16.3 Å². The third-order valence-electron chi connectivity index (χ3n) is 2.59. The Balaban J connectivity index is 2.56. The van der Waals surface area contributed by atoms with Gasteiger partial charge in [0.05, 0.1) is 5.56 Å². The van der Waals surface area contributed by atoms with Crippen molar-refractivity contribution in [1.82, 2.24) is 0 Å². The number of nitrogens with zero attached hydrogens (tertiary/aromatic N) is 1. The number of anilines is 1. The number of rotatable bonds is 6. The van der Waals surface area contributed by atoms with Gasteiger partial charge in [0, 0.05) is 23.1 Å². The maximum Gasteiger partial charge on any atom is 0.418 e. The molecule has 4 N–H and O–H groups in total. The van der Waals surface area contributed by atoms with Crippen molar-refractivity contribution in [3.63, 3.8) is 0 Å². The van der Waals surface area contributed by atoms with Crippen LogP contribution in [0.1, 0.15) is 24.8 Å². The number of alkyl halides is 3. The molecule has 0 spiro atoms. The maximum absolute atomic E-state index is 12.8. The smallest absolute Gasteiger partial charge is 0.409 e. The molecule has 0 saturated heterocycles. The average Bonchev–Trinajstić information content (AvgIpc) is 2.38. The molecule has 0 atom stereocenters. The summed E-state index contributed by atoms with van der Waals surface area (Å²) in [7, 11) is 0. The van der Waals surface area contributed by atoms with E-state index in [1.807, 2.05) is 0 Å². The minimum atomic E-state index is -4.40. The van der Waals surface area contributed by atoms with Crippen LogP contribution in [0.15, 0.2) is 27.8 Å². The Morgan fingerprint density at radius 3 is 2.65 bits per heavy atom. The zero-order chi connectivity index (χ0) is 15.2. The fourth-order valence-electron chi connectivity index (χ4n) is 1.61. The quantitative estimate of drug-likeness (QED) is 0.239. The molecule has 1 aromatic rings. The topological polar surface area (TPSA) is 70.6 Å². The molecular weight excluding hydrogens is 339 g/mol. The SMILES string of the molecule is NC(CCCCNc1ccc(Br)cc1C(F)(F)F)=NO. The van der Waals surface area contributed by atoms with Crippen LogP contribution < -0.4 is 11.1 Å². The summed E-state index contributed by atoms with van der Waals surface area (Å²) in [5.74, 6) is 0.115. The number of hydrogen-bond donors (Lipinski definition) is 3. The predicted molar refractivity (Wildman–Crippen MR) is 74.9 cm³/mol. The van der Waals surface area contributed by atoms with E-state index in [0.717, 1.165) is 6.07 Å². The van der Waals surface area contributed by atoms with Crippen molar-refractivity contribution in [2.75, 3.05) is 11.9 Å². The highest BCUT2D eigenvalue weighted by Gasteiger charge is 2.33. The van der Waals surface area contributed by atoms with Gasteiger partial charge in [0.2, 0.25) is 0 Å². The molecule has 0 unspecified atom stereocenters. The molecule has 112 valence electrons. The van der Waals surface area contributed by atoms with Crippen molar-refractivity contribution in [1.29, 1.82) is 0 Å². The van der Waals surface area contributed by atoms with Gasteiger partial charge in [-0.1, -0.05) is 21.1 Å². The number of hydrogen-bond acceptors (Lipinski definition) is 3. The molecule has 0 aliphatic heterocycles. The lowest BCUT2D eigenvalue weighted by atomic mass is 10.1. The summed E-state index contributed by atoms with van der Waals surface area (Å²) in [5, 5.41) is 13.9. The highest BCUT2D eigenvalue weighted by Crippen LogP contribution is 2.36. The molecule has 0 bridgehead atoms. The number of benzene rings is 1. The molecule has 0 amide bonds. The van der Waals surface area contributed by atoms with E-state index in [9.17, 15) is 13.2 Å². The number of nitrogens with one attached hydrogen (secondary N) is 1. The average molecular weight is 354 g/mol. The van der Waals surface area contributed by atoms with Crippen molar-refractivity contribution in [3.05, 3.63) is 28.2 Å². The van der Waals surface area contributed by atoms with Crippen LogP contribution in [0.2, 0.25) is 0 Å². The Labute approximate surface area is 123 Å². The van der Waals surface area contributed by atoms with E-state index < -0.39 is 11.7 Å². The largest absolute Gasteiger partial charge is 0.418 e. The highest BCUT2D eigenvalue weighted by molar-refractivity contribution is 9.10. The van der Waals surface area contributed by atoms with Crippen molar-refractivity contribution >= 4 is 27.5 Å². The molecular formula is C12H15BrF3N3O. The molecule has 0 fully saturated rings. The van der Waals surface area contributed by atoms with Crippen molar-refractivity contribution in [2.45, 2.75) is 25.4 Å². The molecule has 4 nitrogen and oxygen atoms in total. The molecule has 1 aromatic carbocycles. The van der Waals surface area contributed by atoms with Gasteiger partial charge in [0.1, 0.15) is 5.84 Å². The van der Waals surface area contributed by atoms with E-state index in [4.69, 9.17) is 10.9 Å². The standard InChI is InChI=1S/C12H15BrF3N3O/c13-8-4-5-10(9(7-8)12(14,15)16)18-6-2-1-3-11(17)19-20/h4-5,7,18,20H,1-3,6H2,(H2,17,19). The van der Waals surface area contributed by atoms with E-state index in [1.165, 1.54) is 6.07 Å². The Bertz CT molecular complexity index is 478. The molecule has 0 heterocycles. The summed E-state index contributed by atoms with van der Waals surface area (Å²) in [5.41, 5.74) is 4.63. The number of amidine groups is 1. The van der Waals surface area contributed by atoms with Crippen LogP contribution >= 0.6 is 15.9 Å². The van der Waals surface area contributed by atoms with Crippen molar-refractivity contribution in [2.24, 2.45) is 10.9 Å². The highest BCUT2D eigenvalue weighted by atomic mass is 79.9. The number of halogens is 4. The first-order valence-corrected chi connectivity index (χ1v) is 6.71. The first kappa shape index (κ1) is 16.6. The van der Waals surface area contributed by atoms with Crippen LogP contribution in [0.4, 0.5) is 18.9 Å². The van der Waals surface area contributed by atoms with Crippen LogP contribution in [0.5, 0.6) is 0 Å². The van der Waals surface area contributed by atoms with Crippen LogP contribution in [-0.4, -0.2) is 17.6 Å². The molecule has 0 aromatic heterocycles. The second kappa shape index (κ2) is 7.37. The minimum Gasteiger partial charge on any atom is -0.409 e. The fourth-order valence-corrected chi connectivity index (χ4v) is 1.97. The van der Waals surface area contributed by atoms with E-state index in [0.29, 0.717) is 30.3 Å². The zero-order valence-electron chi connectivity index (χ0n) is 10.5. The normalized spacial score (nSPS) is 12.5. The van der Waals surface area contributed by atoms with Crippen LogP contribution in [0.3, 0.4) is 0 Å². The lowest BCUT2D eigenvalue weighted by Crippen LogP contribution is -2.13. The van der Waals surface area contributed by atoms with E-state index >= 15 is 0 Å². The molecule has 0 aliphatic rings. The fraction of sp³-hybridized carbons (Fsp3) is 0.417. The van der Waals surface area contributed by atoms with Crippen molar-refractivity contribution < 1.29 is 18.4 Å². The maximum atomic E-state index is 12.8. The molecule has 8 heteroatoms. The van der Waals surface area contributed by atoms with Gasteiger partial charge in [-0.05, 0) is 31.0 Å². The van der Waals surface area contributed by atoms with Gasteiger partial charge >= 0.3 is 6.18 Å². The van der Waals surface area contributed by atoms with Gasteiger partial charge in [-0.15, -0.1) is 0 Å². The van der Waals surface area contributed by atoms with Crippen LogP contribution in [0, 0.1) is 0 Å². The first-order valence-electron chi connectivity index (χ1n) is 5.91. The van der Waals surface area contributed by atoms with Gasteiger partial charge in [-0.2, -0.15) is 13.2 Å². The molecule has 0 aliphatic carbocycles. The first-order chi connectivity index (χ1) is 9.34. The Morgan fingerprint density at radius 1 is 1.35 bits per heavy atom. The molecule has 0 radical (unpaired) electrons. The second-order valence-corrected chi connectivity index (χ2v) is 5.08. The summed E-state index contributed by atoms with van der Waals surface area (Å²) in [4.78, 5) is 0. The summed E-state index contributed by atoms with van der Waals surface area (Å²) in [6, 6.07) is 3.98. The minimum absolute atomic E-state index is 0.0458. The van der Waals surface area contributed by atoms with Gasteiger partial charge in [0.25, 0.3) is 0 Å². The lowest BCUT2D eigenvalue weighted by Gasteiger charge is -2.15. The molecule has 0 saturated carbocycles. The monoisotopic (exact) mass is 353 g/mol. The number of oxime groups is 1. The Morgan fingerprint density at radius 2 is 2.05 bits per heavy atom. The molecule has 20 heavy (non-hydrogen) atoms. The van der Waals surface area contributed by atoms with Gasteiger partial charge in [0.15, 0.2) is 0 Å². The van der Waals surface area contributed by atoms with E-state index in [2.05, 4.69) is 26.4 Å². The van der Waals surface area contributed by atoms with Gasteiger partial charge in [-0.3, -0.25) is 0 Å². The number of unbranched alkanes of at least 4 members (excludes halogenated alkanes) is 1. The lowest BCUT2D eigenvalue weighted by molar-refractivity contribution is -0.137. The number of nitrogens with two attached hydrogens (primary N) is 1. The van der Waals surface area contributed by atoms with Gasteiger partial charge in [-0.25, -0.2) is 0 Å². The third-order valence-corrected chi connectivity index (χ3v) is 3.08. The summed E-state index contributed by atoms with van der Waals surface area (Å²) in [6.45, 7) is 0.378. The van der Waals surface area contributed by atoms with Crippen LogP contribution in [-0.2, 0) is 6.18 Å². The van der Waals surface area contributed by atoms with Crippen LogP contribution in [0.25, 0.3) is 0 Å². The Kier molecular flexibility index (Phi) is 6.12. The van der Waals surface area contributed by atoms with Crippen molar-refractivity contribution in [3.8, 4) is 0 Å². The third kappa shape index (κ3) is 5.28. The van der Waals surface area contributed by atoms with E-state index in [-0.39, 0.29) is 11.5 Å². The summed E-state index contributed by atoms with van der Waals surface area (Å²) in [6.07, 6.45) is -2.75. The zero-order valence-corrected chi connectivity index (χ0v) is 12.1. The van der Waals surface area contributed by atoms with E-state index in [1.54, 1.807) is 6.07 Å². The molecule has 1 rings (SSSR count). The predicted octanol–water partition coefficient (Wildman–Crippen LogP) is 3.80. The second-order valence-electron chi connectivity index (χ2n) is 4.16. The summed E-state index contributed by atoms with van der Waals surface area (Å²) < 4.78 is 38.9. The Hall–Kier alpha value is -1.44.